The minimum absolute atomic E-state index is 0.566. The standard InChI is InChI=1S/C13H23N5S/c1-3-9-4-7-11(14-2)12(8-9)19-13-15-16-17-18(13)10-5-6-10/h9-12,14H,3-8H2,1-2H3. The Morgan fingerprint density at radius 1 is 1.32 bits per heavy atom. The number of hydrogen-bond acceptors (Lipinski definition) is 5. The topological polar surface area (TPSA) is 55.6 Å². The van der Waals surface area contributed by atoms with Crippen LogP contribution in [0.1, 0.15) is 51.5 Å². The molecule has 3 rings (SSSR count). The average Bonchev–Trinajstić information content (AvgIpc) is 3.19. The molecule has 2 fully saturated rings. The van der Waals surface area contributed by atoms with Crippen LogP contribution in [0.4, 0.5) is 0 Å². The van der Waals surface area contributed by atoms with Gasteiger partial charge in [-0.25, -0.2) is 4.68 Å². The maximum Gasteiger partial charge on any atom is 0.209 e. The highest BCUT2D eigenvalue weighted by Gasteiger charge is 2.33. The molecule has 1 heterocycles. The van der Waals surface area contributed by atoms with Crippen LogP contribution in [0.2, 0.25) is 0 Å². The van der Waals surface area contributed by atoms with E-state index in [4.69, 9.17) is 0 Å². The summed E-state index contributed by atoms with van der Waals surface area (Å²) < 4.78 is 2.03. The summed E-state index contributed by atoms with van der Waals surface area (Å²) in [4.78, 5) is 0. The lowest BCUT2D eigenvalue weighted by Gasteiger charge is -2.34. The van der Waals surface area contributed by atoms with Crippen molar-refractivity contribution in [1.82, 2.24) is 25.5 Å². The van der Waals surface area contributed by atoms with Gasteiger partial charge in [0.1, 0.15) is 0 Å². The molecule has 0 bridgehead atoms. The van der Waals surface area contributed by atoms with Crippen LogP contribution in [0.5, 0.6) is 0 Å². The summed E-state index contributed by atoms with van der Waals surface area (Å²) >= 11 is 1.88. The molecule has 0 aliphatic heterocycles. The highest BCUT2D eigenvalue weighted by atomic mass is 32.2. The molecule has 2 aliphatic rings. The van der Waals surface area contributed by atoms with E-state index in [-0.39, 0.29) is 0 Å². The highest BCUT2D eigenvalue weighted by molar-refractivity contribution is 7.99. The van der Waals surface area contributed by atoms with Gasteiger partial charge in [0.25, 0.3) is 0 Å². The van der Waals surface area contributed by atoms with E-state index in [1.165, 1.54) is 38.5 Å². The molecule has 0 aromatic carbocycles. The fraction of sp³-hybridized carbons (Fsp3) is 0.923. The lowest BCUT2D eigenvalue weighted by Crippen LogP contribution is -2.40. The zero-order valence-corrected chi connectivity index (χ0v) is 12.6. The average molecular weight is 281 g/mol. The Morgan fingerprint density at radius 2 is 2.16 bits per heavy atom. The molecule has 0 saturated heterocycles. The van der Waals surface area contributed by atoms with Gasteiger partial charge in [0, 0.05) is 11.3 Å². The molecule has 19 heavy (non-hydrogen) atoms. The maximum absolute atomic E-state index is 4.23. The summed E-state index contributed by atoms with van der Waals surface area (Å²) in [5.41, 5.74) is 0. The van der Waals surface area contributed by atoms with E-state index in [0.717, 1.165) is 11.1 Å². The summed E-state index contributed by atoms with van der Waals surface area (Å²) in [5, 5.41) is 17.3. The van der Waals surface area contributed by atoms with Crippen LogP contribution in [-0.2, 0) is 0 Å². The van der Waals surface area contributed by atoms with Gasteiger partial charge in [0.05, 0.1) is 6.04 Å². The lowest BCUT2D eigenvalue weighted by atomic mass is 9.84. The van der Waals surface area contributed by atoms with E-state index in [9.17, 15) is 0 Å². The van der Waals surface area contributed by atoms with Gasteiger partial charge in [0.15, 0.2) is 0 Å². The Kier molecular flexibility index (Phi) is 4.07. The Bertz CT molecular complexity index is 417. The summed E-state index contributed by atoms with van der Waals surface area (Å²) in [5.74, 6) is 0.868. The van der Waals surface area contributed by atoms with E-state index < -0.39 is 0 Å². The zero-order valence-electron chi connectivity index (χ0n) is 11.7. The minimum Gasteiger partial charge on any atom is -0.316 e. The summed E-state index contributed by atoms with van der Waals surface area (Å²) in [7, 11) is 2.08. The normalized spacial score (nSPS) is 31.6. The molecule has 6 heteroatoms. The number of hydrogen-bond donors (Lipinski definition) is 1. The Hall–Kier alpha value is -0.620. The van der Waals surface area contributed by atoms with Crippen LogP contribution < -0.4 is 5.32 Å². The molecule has 106 valence electrons. The molecule has 0 amide bonds. The quantitative estimate of drug-likeness (QED) is 0.897. The van der Waals surface area contributed by atoms with Crippen molar-refractivity contribution in [3.63, 3.8) is 0 Å². The van der Waals surface area contributed by atoms with Crippen LogP contribution in [0.3, 0.4) is 0 Å². The molecule has 0 radical (unpaired) electrons. The third-order valence-electron chi connectivity index (χ3n) is 4.46. The second-order valence-corrected chi connectivity index (χ2v) is 6.98. The third kappa shape index (κ3) is 2.94. The summed E-state index contributed by atoms with van der Waals surface area (Å²) in [6.45, 7) is 2.31. The third-order valence-corrected chi connectivity index (χ3v) is 5.76. The number of nitrogens with zero attached hydrogens (tertiary/aromatic N) is 4. The predicted octanol–water partition coefficient (Wildman–Crippen LogP) is 2.27. The maximum atomic E-state index is 4.23. The van der Waals surface area contributed by atoms with Crippen LogP contribution >= 0.6 is 11.8 Å². The van der Waals surface area contributed by atoms with Crippen molar-refractivity contribution < 1.29 is 0 Å². The first-order valence-electron chi connectivity index (χ1n) is 7.43. The zero-order chi connectivity index (χ0) is 13.2. The van der Waals surface area contributed by atoms with Crippen LogP contribution in [0.15, 0.2) is 5.16 Å². The second kappa shape index (κ2) is 5.79. The number of nitrogens with one attached hydrogen (secondary N) is 1. The minimum atomic E-state index is 0.566. The first kappa shape index (κ1) is 13.4. The molecule has 5 nitrogen and oxygen atoms in total. The van der Waals surface area contributed by atoms with Gasteiger partial charge in [-0.2, -0.15) is 0 Å². The SMILES string of the molecule is CCC1CCC(NC)C(Sc2nnnn2C2CC2)C1. The highest BCUT2D eigenvalue weighted by Crippen LogP contribution is 2.40. The number of tetrazole rings is 1. The first-order chi connectivity index (χ1) is 9.31. The van der Waals surface area contributed by atoms with Gasteiger partial charge >= 0.3 is 0 Å². The van der Waals surface area contributed by atoms with Crippen molar-refractivity contribution in [1.29, 1.82) is 0 Å². The molecule has 1 aromatic heterocycles. The lowest BCUT2D eigenvalue weighted by molar-refractivity contribution is 0.304. The monoisotopic (exact) mass is 281 g/mol. The Morgan fingerprint density at radius 3 is 2.84 bits per heavy atom. The van der Waals surface area contributed by atoms with E-state index >= 15 is 0 Å². The summed E-state index contributed by atoms with van der Waals surface area (Å²) in [6, 6.07) is 1.16. The van der Waals surface area contributed by atoms with Crippen molar-refractivity contribution >= 4 is 11.8 Å². The summed E-state index contributed by atoms with van der Waals surface area (Å²) in [6.07, 6.45) is 7.67. The second-order valence-electron chi connectivity index (χ2n) is 5.78. The first-order valence-corrected chi connectivity index (χ1v) is 8.31. The number of thioether (sulfide) groups is 1. The van der Waals surface area contributed by atoms with Gasteiger partial charge in [-0.1, -0.05) is 25.1 Å². The van der Waals surface area contributed by atoms with E-state index in [2.05, 4.69) is 34.8 Å². The van der Waals surface area contributed by atoms with E-state index in [1.54, 1.807) is 0 Å². The van der Waals surface area contributed by atoms with Gasteiger partial charge < -0.3 is 5.32 Å². The smallest absolute Gasteiger partial charge is 0.209 e. The predicted molar refractivity (Wildman–Crippen MR) is 76.2 cm³/mol. The largest absolute Gasteiger partial charge is 0.316 e. The number of aromatic nitrogens is 4. The van der Waals surface area contributed by atoms with Gasteiger partial charge in [0.2, 0.25) is 5.16 Å². The van der Waals surface area contributed by atoms with Crippen molar-refractivity contribution in [3.8, 4) is 0 Å². The van der Waals surface area contributed by atoms with Crippen molar-refractivity contribution in [3.05, 3.63) is 0 Å². The van der Waals surface area contributed by atoms with E-state index in [0.29, 0.717) is 17.3 Å². The van der Waals surface area contributed by atoms with Crippen LogP contribution in [0.25, 0.3) is 0 Å². The van der Waals surface area contributed by atoms with Crippen LogP contribution in [0, 0.1) is 5.92 Å². The van der Waals surface area contributed by atoms with Crippen molar-refractivity contribution in [2.75, 3.05) is 7.05 Å². The molecule has 1 N–H and O–H groups in total. The Labute approximate surface area is 118 Å². The molecular weight excluding hydrogens is 258 g/mol. The fourth-order valence-corrected chi connectivity index (χ4v) is 4.44. The van der Waals surface area contributed by atoms with Crippen LogP contribution in [-0.4, -0.2) is 38.5 Å². The molecule has 2 aliphatic carbocycles. The molecule has 3 unspecified atom stereocenters. The Balaban J connectivity index is 1.70. The van der Waals surface area contributed by atoms with E-state index in [1.807, 2.05) is 16.4 Å². The van der Waals surface area contributed by atoms with Crippen molar-refractivity contribution in [2.45, 2.75) is 67.9 Å². The van der Waals surface area contributed by atoms with Crippen molar-refractivity contribution in [2.24, 2.45) is 5.92 Å². The van der Waals surface area contributed by atoms with Gasteiger partial charge in [-0.05, 0) is 55.5 Å². The molecule has 1 aromatic rings. The fourth-order valence-electron chi connectivity index (χ4n) is 2.99. The molecular formula is C13H23N5S. The molecule has 0 spiro atoms. The van der Waals surface area contributed by atoms with Gasteiger partial charge in [-0.15, -0.1) is 5.10 Å². The van der Waals surface area contributed by atoms with Gasteiger partial charge in [-0.3, -0.25) is 0 Å². The number of rotatable bonds is 5. The molecule has 2 saturated carbocycles. The molecule has 3 atom stereocenters.